The van der Waals surface area contributed by atoms with E-state index in [1.54, 1.807) is 0 Å². The van der Waals surface area contributed by atoms with Crippen molar-refractivity contribution in [2.75, 3.05) is 13.2 Å². The van der Waals surface area contributed by atoms with E-state index >= 15 is 0 Å². The van der Waals surface area contributed by atoms with Gasteiger partial charge >= 0.3 is 0 Å². The van der Waals surface area contributed by atoms with Gasteiger partial charge in [-0.3, -0.25) is 0 Å². The number of hydrogen-bond acceptors (Lipinski definition) is 2. The molecule has 17 heavy (non-hydrogen) atoms. The van der Waals surface area contributed by atoms with Crippen molar-refractivity contribution in [2.24, 2.45) is 0 Å². The lowest BCUT2D eigenvalue weighted by molar-refractivity contribution is -0.139. The van der Waals surface area contributed by atoms with Crippen molar-refractivity contribution in [1.82, 2.24) is 0 Å². The highest BCUT2D eigenvalue weighted by molar-refractivity contribution is 5.47. The first-order valence-corrected chi connectivity index (χ1v) is 6.24. The molecule has 0 unspecified atom stereocenters. The molecule has 0 aliphatic heterocycles. The third-order valence-electron chi connectivity index (χ3n) is 2.59. The molecule has 0 saturated heterocycles. The van der Waals surface area contributed by atoms with E-state index in [0.717, 1.165) is 18.4 Å². The van der Waals surface area contributed by atoms with Crippen LogP contribution in [0.2, 0.25) is 0 Å². The van der Waals surface area contributed by atoms with Gasteiger partial charge in [-0.25, -0.2) is 0 Å². The summed E-state index contributed by atoms with van der Waals surface area (Å²) < 4.78 is 11.0. The minimum Gasteiger partial charge on any atom is -0.353 e. The first kappa shape index (κ1) is 13.9. The topological polar surface area (TPSA) is 18.5 Å². The second-order valence-corrected chi connectivity index (χ2v) is 3.82. The largest absolute Gasteiger partial charge is 0.353 e. The molecule has 0 radical (unpaired) electrons. The van der Waals surface area contributed by atoms with Crippen molar-refractivity contribution in [3.8, 4) is 0 Å². The summed E-state index contributed by atoms with van der Waals surface area (Å²) >= 11 is 0. The lowest BCUT2D eigenvalue weighted by Crippen LogP contribution is -2.18. The van der Waals surface area contributed by atoms with Gasteiger partial charge in [0.05, 0.1) is 0 Å². The van der Waals surface area contributed by atoms with Gasteiger partial charge in [0, 0.05) is 19.6 Å². The fourth-order valence-electron chi connectivity index (χ4n) is 1.69. The molecule has 0 saturated carbocycles. The maximum Gasteiger partial charge on any atom is 0.157 e. The van der Waals surface area contributed by atoms with Gasteiger partial charge in [0.1, 0.15) is 0 Å². The lowest BCUT2D eigenvalue weighted by atomic mass is 10.1. The molecule has 94 valence electrons. The number of rotatable bonds is 8. The van der Waals surface area contributed by atoms with Crippen LogP contribution in [0.15, 0.2) is 30.8 Å². The van der Waals surface area contributed by atoms with Crippen molar-refractivity contribution in [3.63, 3.8) is 0 Å². The summed E-state index contributed by atoms with van der Waals surface area (Å²) in [5.41, 5.74) is 2.46. The summed E-state index contributed by atoms with van der Waals surface area (Å²) in [6.45, 7) is 9.11. The van der Waals surface area contributed by atoms with Crippen LogP contribution in [0, 0.1) is 0 Å². The van der Waals surface area contributed by atoms with Gasteiger partial charge in [-0.1, -0.05) is 36.9 Å². The quantitative estimate of drug-likeness (QED) is 0.639. The minimum atomic E-state index is -0.0796. The SMILES string of the molecule is C=Cc1ccc(CCC(OCC)OCC)cc1. The Labute approximate surface area is 104 Å². The summed E-state index contributed by atoms with van der Waals surface area (Å²) in [7, 11) is 0. The molecule has 2 heteroatoms. The second-order valence-electron chi connectivity index (χ2n) is 3.82. The van der Waals surface area contributed by atoms with Gasteiger partial charge in [0.2, 0.25) is 0 Å². The first-order valence-electron chi connectivity index (χ1n) is 6.24. The highest BCUT2D eigenvalue weighted by atomic mass is 16.7. The van der Waals surface area contributed by atoms with Crippen molar-refractivity contribution in [1.29, 1.82) is 0 Å². The molecular weight excluding hydrogens is 212 g/mol. The fraction of sp³-hybridized carbons (Fsp3) is 0.467. The Morgan fingerprint density at radius 1 is 1.12 bits per heavy atom. The third-order valence-corrected chi connectivity index (χ3v) is 2.59. The Balaban J connectivity index is 2.43. The molecule has 0 aromatic heterocycles. The van der Waals surface area contributed by atoms with Crippen LogP contribution in [-0.4, -0.2) is 19.5 Å². The summed E-state index contributed by atoms with van der Waals surface area (Å²) in [6, 6.07) is 8.43. The predicted molar refractivity (Wildman–Crippen MR) is 71.9 cm³/mol. The molecule has 2 nitrogen and oxygen atoms in total. The van der Waals surface area contributed by atoms with Gasteiger partial charge in [-0.05, 0) is 31.4 Å². The Kier molecular flexibility index (Phi) is 6.60. The Hall–Kier alpha value is -1.12. The zero-order chi connectivity index (χ0) is 12.5. The molecule has 0 atom stereocenters. The van der Waals surface area contributed by atoms with Crippen LogP contribution in [0.4, 0.5) is 0 Å². The highest BCUT2D eigenvalue weighted by Crippen LogP contribution is 2.11. The zero-order valence-corrected chi connectivity index (χ0v) is 10.8. The van der Waals surface area contributed by atoms with Crippen molar-refractivity contribution in [2.45, 2.75) is 33.0 Å². The number of aryl methyl sites for hydroxylation is 1. The van der Waals surface area contributed by atoms with Crippen LogP contribution < -0.4 is 0 Å². The molecule has 1 aromatic carbocycles. The van der Waals surface area contributed by atoms with E-state index in [1.807, 2.05) is 19.9 Å². The van der Waals surface area contributed by atoms with E-state index in [1.165, 1.54) is 5.56 Å². The molecular formula is C15H22O2. The normalized spacial score (nSPS) is 10.8. The first-order chi connectivity index (χ1) is 8.30. The van der Waals surface area contributed by atoms with Crippen LogP contribution in [0.1, 0.15) is 31.4 Å². The maximum atomic E-state index is 5.51. The number of hydrogen-bond donors (Lipinski definition) is 0. The number of benzene rings is 1. The minimum absolute atomic E-state index is 0.0796. The molecule has 0 aliphatic rings. The second kappa shape index (κ2) is 8.04. The summed E-state index contributed by atoms with van der Waals surface area (Å²) in [5.74, 6) is 0. The van der Waals surface area contributed by atoms with Gasteiger partial charge in [-0.2, -0.15) is 0 Å². The van der Waals surface area contributed by atoms with Gasteiger partial charge in [0.25, 0.3) is 0 Å². The van der Waals surface area contributed by atoms with Crippen molar-refractivity contribution in [3.05, 3.63) is 42.0 Å². The average molecular weight is 234 g/mol. The van der Waals surface area contributed by atoms with Gasteiger partial charge < -0.3 is 9.47 Å². The van der Waals surface area contributed by atoms with Crippen LogP contribution in [0.5, 0.6) is 0 Å². The fourth-order valence-corrected chi connectivity index (χ4v) is 1.69. The molecule has 0 N–H and O–H groups in total. The Bertz CT molecular complexity index is 310. The third kappa shape index (κ3) is 5.16. The maximum absolute atomic E-state index is 5.51. The summed E-state index contributed by atoms with van der Waals surface area (Å²) in [4.78, 5) is 0. The van der Waals surface area contributed by atoms with E-state index in [2.05, 4.69) is 30.8 Å². The summed E-state index contributed by atoms with van der Waals surface area (Å²) in [6.07, 6.45) is 3.65. The molecule has 0 fully saturated rings. The van der Waals surface area contributed by atoms with Crippen LogP contribution in [0.3, 0.4) is 0 Å². The van der Waals surface area contributed by atoms with Crippen molar-refractivity contribution >= 4 is 6.08 Å². The molecule has 0 heterocycles. The van der Waals surface area contributed by atoms with Crippen LogP contribution in [-0.2, 0) is 15.9 Å². The van der Waals surface area contributed by atoms with Crippen LogP contribution >= 0.6 is 0 Å². The molecule has 1 aromatic rings. The van der Waals surface area contributed by atoms with E-state index in [-0.39, 0.29) is 6.29 Å². The molecule has 0 bridgehead atoms. The highest BCUT2D eigenvalue weighted by Gasteiger charge is 2.07. The summed E-state index contributed by atoms with van der Waals surface area (Å²) in [5, 5.41) is 0. The van der Waals surface area contributed by atoms with E-state index < -0.39 is 0 Å². The van der Waals surface area contributed by atoms with Crippen molar-refractivity contribution < 1.29 is 9.47 Å². The van der Waals surface area contributed by atoms with Gasteiger partial charge in [0.15, 0.2) is 6.29 Å². The van der Waals surface area contributed by atoms with E-state index in [9.17, 15) is 0 Å². The smallest absolute Gasteiger partial charge is 0.157 e. The predicted octanol–water partition coefficient (Wildman–Crippen LogP) is 3.66. The van der Waals surface area contributed by atoms with Gasteiger partial charge in [-0.15, -0.1) is 0 Å². The van der Waals surface area contributed by atoms with E-state index in [0.29, 0.717) is 13.2 Å². The average Bonchev–Trinajstić information content (AvgIpc) is 2.37. The molecule has 1 rings (SSSR count). The zero-order valence-electron chi connectivity index (χ0n) is 10.8. The Morgan fingerprint density at radius 2 is 1.71 bits per heavy atom. The van der Waals surface area contributed by atoms with E-state index in [4.69, 9.17) is 9.47 Å². The lowest BCUT2D eigenvalue weighted by Gasteiger charge is -2.16. The number of ether oxygens (including phenoxy) is 2. The monoisotopic (exact) mass is 234 g/mol. The molecule has 0 spiro atoms. The standard InChI is InChI=1S/C15H22O2/c1-4-13-7-9-14(10-8-13)11-12-15(16-5-2)17-6-3/h4,7-10,15H,1,5-6,11-12H2,2-3H3. The molecule has 0 amide bonds. The molecule has 0 aliphatic carbocycles. The Morgan fingerprint density at radius 3 is 2.18 bits per heavy atom. The van der Waals surface area contributed by atoms with Crippen LogP contribution in [0.25, 0.3) is 6.08 Å².